The first kappa shape index (κ1) is 16.9. The number of aliphatic hydroxyl groups excluding tert-OH is 1. The van der Waals surface area contributed by atoms with Gasteiger partial charge in [-0.3, -0.25) is 0 Å². The zero-order valence-electron chi connectivity index (χ0n) is 11.8. The van der Waals surface area contributed by atoms with Crippen LogP contribution in [0.4, 0.5) is 9.18 Å². The quantitative estimate of drug-likeness (QED) is 0.784. The zero-order valence-corrected chi connectivity index (χ0v) is 13.4. The van der Waals surface area contributed by atoms with E-state index in [4.69, 9.17) is 0 Å². The van der Waals surface area contributed by atoms with E-state index in [-0.39, 0.29) is 24.3 Å². The lowest BCUT2D eigenvalue weighted by Gasteiger charge is -2.25. The summed E-state index contributed by atoms with van der Waals surface area (Å²) in [4.78, 5) is 11.6. The summed E-state index contributed by atoms with van der Waals surface area (Å²) in [5, 5.41) is 15.0. The van der Waals surface area contributed by atoms with Crippen LogP contribution in [0.25, 0.3) is 0 Å². The first-order valence-corrected chi connectivity index (χ1v) is 7.12. The first-order chi connectivity index (χ1) is 9.18. The fourth-order valence-corrected chi connectivity index (χ4v) is 1.97. The van der Waals surface area contributed by atoms with E-state index in [0.29, 0.717) is 10.0 Å². The summed E-state index contributed by atoms with van der Waals surface area (Å²) in [7, 11) is 0. The van der Waals surface area contributed by atoms with Gasteiger partial charge in [-0.2, -0.15) is 0 Å². The van der Waals surface area contributed by atoms with Crippen LogP contribution < -0.4 is 10.6 Å². The standard InChI is InChI=1S/C14H20BrFN2O2/c1-14(2,3)12(19)8-18-13(20)17-7-9-4-10(15)6-11(16)5-9/h4-6,12,19H,7-8H2,1-3H3,(H2,17,18,20). The first-order valence-electron chi connectivity index (χ1n) is 6.33. The number of nitrogens with one attached hydrogen (secondary N) is 2. The second-order valence-corrected chi connectivity index (χ2v) is 6.64. The largest absolute Gasteiger partial charge is 0.391 e. The number of amides is 2. The Bertz CT molecular complexity index is 454. The lowest BCUT2D eigenvalue weighted by Crippen LogP contribution is -2.43. The summed E-state index contributed by atoms with van der Waals surface area (Å²) in [6.45, 7) is 6.06. The number of rotatable bonds is 4. The Morgan fingerprint density at radius 3 is 2.55 bits per heavy atom. The maximum absolute atomic E-state index is 13.1. The van der Waals surface area contributed by atoms with Crippen LogP contribution in [-0.4, -0.2) is 23.8 Å². The molecule has 0 aliphatic heterocycles. The molecule has 1 aromatic rings. The van der Waals surface area contributed by atoms with Crippen molar-refractivity contribution in [1.29, 1.82) is 0 Å². The molecule has 0 radical (unpaired) electrons. The number of carbonyl (C=O) groups excluding carboxylic acids is 1. The normalized spacial score (nSPS) is 12.9. The van der Waals surface area contributed by atoms with Crippen molar-refractivity contribution < 1.29 is 14.3 Å². The van der Waals surface area contributed by atoms with Gasteiger partial charge in [-0.1, -0.05) is 36.7 Å². The summed E-state index contributed by atoms with van der Waals surface area (Å²) in [5.41, 5.74) is 0.365. The summed E-state index contributed by atoms with van der Waals surface area (Å²) in [5.74, 6) is -0.361. The van der Waals surface area contributed by atoms with E-state index in [1.165, 1.54) is 12.1 Å². The van der Waals surface area contributed by atoms with E-state index in [2.05, 4.69) is 26.6 Å². The molecule has 1 rings (SSSR count). The monoisotopic (exact) mass is 346 g/mol. The molecule has 0 spiro atoms. The SMILES string of the molecule is CC(C)(C)C(O)CNC(=O)NCc1cc(F)cc(Br)c1. The number of hydrogen-bond acceptors (Lipinski definition) is 2. The van der Waals surface area contributed by atoms with Crippen LogP contribution in [0.15, 0.2) is 22.7 Å². The van der Waals surface area contributed by atoms with Gasteiger partial charge in [0.05, 0.1) is 6.10 Å². The molecule has 0 saturated heterocycles. The number of benzene rings is 1. The Hall–Kier alpha value is -1.14. The molecule has 0 fully saturated rings. The molecule has 0 heterocycles. The van der Waals surface area contributed by atoms with Crippen LogP contribution in [0, 0.1) is 11.2 Å². The van der Waals surface area contributed by atoms with E-state index in [9.17, 15) is 14.3 Å². The predicted molar refractivity (Wildman–Crippen MR) is 79.8 cm³/mol. The molecule has 6 heteroatoms. The summed E-state index contributed by atoms with van der Waals surface area (Å²) in [6, 6.07) is 4.04. The van der Waals surface area contributed by atoms with Gasteiger partial charge >= 0.3 is 6.03 Å². The van der Waals surface area contributed by atoms with Crippen LogP contribution >= 0.6 is 15.9 Å². The van der Waals surface area contributed by atoms with Gasteiger partial charge in [-0.15, -0.1) is 0 Å². The fourth-order valence-electron chi connectivity index (χ4n) is 1.45. The van der Waals surface area contributed by atoms with Crippen LogP contribution in [0.2, 0.25) is 0 Å². The second-order valence-electron chi connectivity index (χ2n) is 5.72. The topological polar surface area (TPSA) is 61.4 Å². The Kier molecular flexibility index (Phi) is 5.95. The number of urea groups is 1. The molecule has 1 aromatic carbocycles. The molecule has 20 heavy (non-hydrogen) atoms. The van der Waals surface area contributed by atoms with Gasteiger partial charge in [0.25, 0.3) is 0 Å². The number of hydrogen-bond donors (Lipinski definition) is 3. The van der Waals surface area contributed by atoms with Crippen molar-refractivity contribution in [3.8, 4) is 0 Å². The molecule has 1 unspecified atom stereocenters. The average Bonchev–Trinajstić information content (AvgIpc) is 2.31. The third-order valence-corrected chi connectivity index (χ3v) is 3.29. The highest BCUT2D eigenvalue weighted by atomic mass is 79.9. The van der Waals surface area contributed by atoms with E-state index >= 15 is 0 Å². The molecule has 0 aromatic heterocycles. The Labute approximate surface area is 126 Å². The summed E-state index contributed by atoms with van der Waals surface area (Å²) < 4.78 is 13.8. The van der Waals surface area contributed by atoms with Gasteiger partial charge in [0.15, 0.2) is 0 Å². The van der Waals surface area contributed by atoms with Gasteiger partial charge in [-0.25, -0.2) is 9.18 Å². The van der Waals surface area contributed by atoms with E-state index in [0.717, 1.165) is 0 Å². The van der Waals surface area contributed by atoms with Crippen molar-refractivity contribution in [2.24, 2.45) is 5.41 Å². The molecular formula is C14H20BrFN2O2. The smallest absolute Gasteiger partial charge is 0.315 e. The number of aliphatic hydroxyl groups is 1. The maximum atomic E-state index is 13.1. The highest BCUT2D eigenvalue weighted by Gasteiger charge is 2.22. The molecule has 3 N–H and O–H groups in total. The van der Waals surface area contributed by atoms with Crippen LogP contribution in [0.5, 0.6) is 0 Å². The minimum Gasteiger partial charge on any atom is -0.391 e. The van der Waals surface area contributed by atoms with Gasteiger partial charge in [0, 0.05) is 17.6 Å². The van der Waals surface area contributed by atoms with E-state index < -0.39 is 12.1 Å². The molecule has 0 saturated carbocycles. The van der Waals surface area contributed by atoms with Gasteiger partial charge in [0.1, 0.15) is 5.82 Å². The average molecular weight is 347 g/mol. The highest BCUT2D eigenvalue weighted by Crippen LogP contribution is 2.18. The third-order valence-electron chi connectivity index (χ3n) is 2.83. The predicted octanol–water partition coefficient (Wildman–Crippen LogP) is 2.79. The van der Waals surface area contributed by atoms with Crippen molar-refractivity contribution in [3.63, 3.8) is 0 Å². The summed E-state index contributed by atoms with van der Waals surface area (Å²) in [6.07, 6.45) is -0.628. The van der Waals surface area contributed by atoms with E-state index in [1.807, 2.05) is 20.8 Å². The van der Waals surface area contributed by atoms with Crippen LogP contribution in [0.1, 0.15) is 26.3 Å². The molecule has 2 amide bonds. The maximum Gasteiger partial charge on any atom is 0.315 e. The molecule has 112 valence electrons. The molecule has 4 nitrogen and oxygen atoms in total. The van der Waals surface area contributed by atoms with Gasteiger partial charge in [0.2, 0.25) is 0 Å². The molecule has 0 bridgehead atoms. The molecule has 0 aliphatic rings. The lowest BCUT2D eigenvalue weighted by molar-refractivity contribution is 0.0650. The Morgan fingerprint density at radius 1 is 1.35 bits per heavy atom. The Balaban J connectivity index is 2.40. The minimum atomic E-state index is -0.628. The Morgan fingerprint density at radius 2 is 2.00 bits per heavy atom. The van der Waals surface area contributed by atoms with Gasteiger partial charge in [-0.05, 0) is 29.2 Å². The van der Waals surface area contributed by atoms with Crippen molar-refractivity contribution in [3.05, 3.63) is 34.1 Å². The van der Waals surface area contributed by atoms with Crippen LogP contribution in [-0.2, 0) is 6.54 Å². The fraction of sp³-hybridized carbons (Fsp3) is 0.500. The van der Waals surface area contributed by atoms with Gasteiger partial charge < -0.3 is 15.7 Å². The molecule has 0 aliphatic carbocycles. The van der Waals surface area contributed by atoms with Crippen molar-refractivity contribution >= 4 is 22.0 Å². The lowest BCUT2D eigenvalue weighted by atomic mass is 9.89. The highest BCUT2D eigenvalue weighted by molar-refractivity contribution is 9.10. The van der Waals surface area contributed by atoms with Crippen molar-refractivity contribution in [1.82, 2.24) is 10.6 Å². The van der Waals surface area contributed by atoms with Crippen molar-refractivity contribution in [2.45, 2.75) is 33.4 Å². The molecule has 1 atom stereocenters. The van der Waals surface area contributed by atoms with E-state index in [1.54, 1.807) is 6.07 Å². The minimum absolute atomic E-state index is 0.169. The summed E-state index contributed by atoms with van der Waals surface area (Å²) >= 11 is 3.19. The second kappa shape index (κ2) is 7.04. The third kappa shape index (κ3) is 5.88. The zero-order chi connectivity index (χ0) is 15.3. The van der Waals surface area contributed by atoms with Crippen molar-refractivity contribution in [2.75, 3.05) is 6.54 Å². The van der Waals surface area contributed by atoms with Crippen LogP contribution in [0.3, 0.4) is 0 Å². The number of carbonyl (C=O) groups is 1. The number of halogens is 2. The molecular weight excluding hydrogens is 327 g/mol.